The van der Waals surface area contributed by atoms with Gasteiger partial charge in [-0.3, -0.25) is 0 Å². The van der Waals surface area contributed by atoms with E-state index in [4.69, 9.17) is 5.26 Å². The molecular formula is C16H32N2. The van der Waals surface area contributed by atoms with Gasteiger partial charge in [0.05, 0.1) is 12.6 Å². The molecule has 0 bridgehead atoms. The quantitative estimate of drug-likeness (QED) is 0.382. The highest BCUT2D eigenvalue weighted by atomic mass is 14.8. The fraction of sp³-hybridized carbons (Fsp3) is 0.938. The molecule has 0 aromatic rings. The maximum atomic E-state index is 8.42. The largest absolute Gasteiger partial charge is 0.304 e. The van der Waals surface area contributed by atoms with Gasteiger partial charge in [0.15, 0.2) is 0 Å². The minimum absolute atomic E-state index is 0.488. The van der Waals surface area contributed by atoms with Crippen molar-refractivity contribution < 1.29 is 0 Å². The summed E-state index contributed by atoms with van der Waals surface area (Å²) in [5.41, 5.74) is 0. The fourth-order valence-electron chi connectivity index (χ4n) is 2.28. The van der Waals surface area contributed by atoms with Gasteiger partial charge < -0.3 is 5.32 Å². The van der Waals surface area contributed by atoms with Crippen molar-refractivity contribution in [3.05, 3.63) is 0 Å². The van der Waals surface area contributed by atoms with Gasteiger partial charge in [-0.05, 0) is 18.9 Å². The Labute approximate surface area is 114 Å². The first-order valence-corrected chi connectivity index (χ1v) is 7.89. The number of unbranched alkanes of at least 4 members (excludes halogenated alkanes) is 8. The molecule has 0 aromatic heterocycles. The zero-order valence-electron chi connectivity index (χ0n) is 12.5. The van der Waals surface area contributed by atoms with Crippen LogP contribution in [0.5, 0.6) is 0 Å². The molecule has 2 nitrogen and oxygen atoms in total. The SMILES string of the molecule is CCCCCCCCCCCC(C)CNCC#N. The van der Waals surface area contributed by atoms with Crippen LogP contribution < -0.4 is 5.32 Å². The van der Waals surface area contributed by atoms with Gasteiger partial charge in [-0.15, -0.1) is 0 Å². The third kappa shape index (κ3) is 13.5. The summed E-state index contributed by atoms with van der Waals surface area (Å²) in [5, 5.41) is 11.6. The van der Waals surface area contributed by atoms with Crippen molar-refractivity contribution in [1.29, 1.82) is 5.26 Å². The molecule has 0 saturated heterocycles. The van der Waals surface area contributed by atoms with E-state index < -0.39 is 0 Å². The van der Waals surface area contributed by atoms with Crippen molar-refractivity contribution in [2.75, 3.05) is 13.1 Å². The van der Waals surface area contributed by atoms with Crippen molar-refractivity contribution in [2.24, 2.45) is 5.92 Å². The molecule has 106 valence electrons. The van der Waals surface area contributed by atoms with Crippen LogP contribution in [0.2, 0.25) is 0 Å². The summed E-state index contributed by atoms with van der Waals surface area (Å²) in [6.07, 6.45) is 13.9. The molecule has 0 aliphatic rings. The minimum atomic E-state index is 0.488. The highest BCUT2D eigenvalue weighted by Crippen LogP contribution is 2.13. The van der Waals surface area contributed by atoms with Gasteiger partial charge in [0, 0.05) is 0 Å². The number of rotatable bonds is 13. The normalized spacial score (nSPS) is 12.3. The predicted molar refractivity (Wildman–Crippen MR) is 79.5 cm³/mol. The van der Waals surface area contributed by atoms with E-state index >= 15 is 0 Å². The Morgan fingerprint density at radius 2 is 1.50 bits per heavy atom. The summed E-state index contributed by atoms with van der Waals surface area (Å²) < 4.78 is 0. The Hall–Kier alpha value is -0.550. The molecule has 0 heterocycles. The second-order valence-corrected chi connectivity index (χ2v) is 5.51. The highest BCUT2D eigenvalue weighted by Gasteiger charge is 2.00. The first-order valence-electron chi connectivity index (χ1n) is 7.89. The summed E-state index contributed by atoms with van der Waals surface area (Å²) in [5.74, 6) is 0.711. The van der Waals surface area contributed by atoms with Crippen LogP contribution in [-0.4, -0.2) is 13.1 Å². The molecule has 0 rings (SSSR count). The summed E-state index contributed by atoms with van der Waals surface area (Å²) in [7, 11) is 0. The lowest BCUT2D eigenvalue weighted by molar-refractivity contribution is 0.459. The van der Waals surface area contributed by atoms with Crippen LogP contribution in [0, 0.1) is 17.2 Å². The first-order chi connectivity index (χ1) is 8.81. The van der Waals surface area contributed by atoms with Crippen LogP contribution in [0.4, 0.5) is 0 Å². The molecule has 1 N–H and O–H groups in total. The van der Waals surface area contributed by atoms with Crippen molar-refractivity contribution >= 4 is 0 Å². The van der Waals surface area contributed by atoms with Crippen LogP contribution in [0.3, 0.4) is 0 Å². The van der Waals surface area contributed by atoms with Gasteiger partial charge in [0.2, 0.25) is 0 Å². The van der Waals surface area contributed by atoms with E-state index in [-0.39, 0.29) is 0 Å². The number of hydrogen-bond donors (Lipinski definition) is 1. The van der Waals surface area contributed by atoms with Crippen molar-refractivity contribution in [2.45, 2.75) is 78.1 Å². The van der Waals surface area contributed by atoms with Crippen LogP contribution in [0.25, 0.3) is 0 Å². The first kappa shape index (κ1) is 17.4. The lowest BCUT2D eigenvalue weighted by Gasteiger charge is -2.10. The summed E-state index contributed by atoms with van der Waals surface area (Å²) in [4.78, 5) is 0. The fourth-order valence-corrected chi connectivity index (χ4v) is 2.28. The van der Waals surface area contributed by atoms with Crippen molar-refractivity contribution in [3.63, 3.8) is 0 Å². The highest BCUT2D eigenvalue weighted by molar-refractivity contribution is 4.73. The molecule has 1 unspecified atom stereocenters. The second kappa shape index (κ2) is 14.5. The minimum Gasteiger partial charge on any atom is -0.304 e. The summed E-state index contributed by atoms with van der Waals surface area (Å²) in [6, 6.07) is 2.12. The Balaban J connectivity index is 3.08. The molecule has 0 spiro atoms. The average molecular weight is 252 g/mol. The van der Waals surface area contributed by atoms with E-state index in [0.29, 0.717) is 12.5 Å². The molecule has 0 aromatic carbocycles. The van der Waals surface area contributed by atoms with Crippen molar-refractivity contribution in [1.82, 2.24) is 5.32 Å². The van der Waals surface area contributed by atoms with Gasteiger partial charge in [0.25, 0.3) is 0 Å². The molecule has 2 heteroatoms. The Bertz CT molecular complexity index is 196. The molecule has 0 radical (unpaired) electrons. The molecule has 0 amide bonds. The van der Waals surface area contributed by atoms with Crippen LogP contribution >= 0.6 is 0 Å². The van der Waals surface area contributed by atoms with Crippen LogP contribution in [0.15, 0.2) is 0 Å². The standard InChI is InChI=1S/C16H32N2/c1-3-4-5-6-7-8-9-10-11-12-16(2)15-18-14-13-17/h16,18H,3-12,14-15H2,1-2H3. The third-order valence-corrected chi connectivity index (χ3v) is 3.50. The van der Waals surface area contributed by atoms with Gasteiger partial charge >= 0.3 is 0 Å². The van der Waals surface area contributed by atoms with E-state index in [0.717, 1.165) is 6.54 Å². The molecule has 18 heavy (non-hydrogen) atoms. The predicted octanol–water partition coefficient (Wildman–Crippen LogP) is 4.66. The van der Waals surface area contributed by atoms with E-state index in [1.54, 1.807) is 0 Å². The zero-order valence-corrected chi connectivity index (χ0v) is 12.5. The topological polar surface area (TPSA) is 35.8 Å². The van der Waals surface area contributed by atoms with E-state index in [1.165, 1.54) is 64.2 Å². The van der Waals surface area contributed by atoms with E-state index in [2.05, 4.69) is 25.2 Å². The van der Waals surface area contributed by atoms with Gasteiger partial charge in [-0.2, -0.15) is 5.26 Å². The molecule has 0 aliphatic carbocycles. The Kier molecular flexibility index (Phi) is 14.1. The number of nitriles is 1. The summed E-state index contributed by atoms with van der Waals surface area (Å²) >= 11 is 0. The van der Waals surface area contributed by atoms with Crippen LogP contribution in [-0.2, 0) is 0 Å². The number of hydrogen-bond acceptors (Lipinski definition) is 2. The molecule has 1 atom stereocenters. The van der Waals surface area contributed by atoms with E-state index in [9.17, 15) is 0 Å². The van der Waals surface area contributed by atoms with E-state index in [1.807, 2.05) is 0 Å². The molecule has 0 aliphatic heterocycles. The lowest BCUT2D eigenvalue weighted by atomic mass is 10.0. The third-order valence-electron chi connectivity index (χ3n) is 3.50. The Morgan fingerprint density at radius 3 is 2.06 bits per heavy atom. The smallest absolute Gasteiger partial charge is 0.0841 e. The maximum absolute atomic E-state index is 8.42. The van der Waals surface area contributed by atoms with Crippen molar-refractivity contribution in [3.8, 4) is 6.07 Å². The summed E-state index contributed by atoms with van der Waals surface area (Å²) in [6.45, 7) is 6.02. The van der Waals surface area contributed by atoms with Gasteiger partial charge in [-0.25, -0.2) is 0 Å². The average Bonchev–Trinajstić information content (AvgIpc) is 2.37. The zero-order chi connectivity index (χ0) is 13.5. The second-order valence-electron chi connectivity index (χ2n) is 5.51. The molecule has 0 fully saturated rings. The molecular weight excluding hydrogens is 220 g/mol. The van der Waals surface area contributed by atoms with Gasteiger partial charge in [0.1, 0.15) is 0 Å². The number of nitrogens with zero attached hydrogens (tertiary/aromatic N) is 1. The monoisotopic (exact) mass is 252 g/mol. The molecule has 0 saturated carbocycles. The Morgan fingerprint density at radius 1 is 0.944 bits per heavy atom. The number of nitrogens with one attached hydrogen (secondary N) is 1. The van der Waals surface area contributed by atoms with Crippen LogP contribution in [0.1, 0.15) is 78.1 Å². The maximum Gasteiger partial charge on any atom is 0.0841 e. The van der Waals surface area contributed by atoms with Gasteiger partial charge in [-0.1, -0.05) is 71.6 Å². The lowest BCUT2D eigenvalue weighted by Crippen LogP contribution is -2.21.